The summed E-state index contributed by atoms with van der Waals surface area (Å²) in [6.45, 7) is -0.0269. The molecule has 8 heteroatoms. The number of unbranched alkanes of at least 4 members (excludes halogenated alkanes) is 1. The van der Waals surface area contributed by atoms with Crippen molar-refractivity contribution in [2.45, 2.75) is 17.7 Å². The van der Waals surface area contributed by atoms with Gasteiger partial charge in [0.1, 0.15) is 12.3 Å². The number of carbonyl (C=O) groups excluding carboxylic acids is 1. The normalized spacial score (nSPS) is 11.0. The highest BCUT2D eigenvalue weighted by molar-refractivity contribution is 7.92. The molecule has 0 bridgehead atoms. The molecular formula is C24H26N2O5S. The van der Waals surface area contributed by atoms with Gasteiger partial charge in [-0.2, -0.15) is 0 Å². The van der Waals surface area contributed by atoms with Crippen molar-refractivity contribution < 1.29 is 23.1 Å². The van der Waals surface area contributed by atoms with Crippen molar-refractivity contribution in [3.63, 3.8) is 0 Å². The number of nitrogens with zero attached hydrogens (tertiary/aromatic N) is 1. The molecule has 7 nitrogen and oxygen atoms in total. The van der Waals surface area contributed by atoms with Gasteiger partial charge in [-0.15, -0.1) is 0 Å². The largest absolute Gasteiger partial charge is 0.455 e. The van der Waals surface area contributed by atoms with Crippen LogP contribution in [0.3, 0.4) is 0 Å². The first-order valence-electron chi connectivity index (χ1n) is 10.3. The highest BCUT2D eigenvalue weighted by Crippen LogP contribution is 2.35. The van der Waals surface area contributed by atoms with Crippen molar-refractivity contribution in [1.29, 1.82) is 0 Å². The van der Waals surface area contributed by atoms with Crippen LogP contribution in [0.1, 0.15) is 12.8 Å². The van der Waals surface area contributed by atoms with E-state index in [9.17, 15) is 13.2 Å². The smallest absolute Gasteiger partial charge is 0.264 e. The van der Waals surface area contributed by atoms with Crippen molar-refractivity contribution in [3.8, 4) is 11.5 Å². The molecule has 32 heavy (non-hydrogen) atoms. The minimum absolute atomic E-state index is 0.0363. The van der Waals surface area contributed by atoms with Gasteiger partial charge in [0.15, 0.2) is 5.75 Å². The number of aliphatic hydroxyl groups excluding tert-OH is 1. The Morgan fingerprint density at radius 2 is 1.50 bits per heavy atom. The molecule has 0 saturated heterocycles. The molecule has 0 unspecified atom stereocenters. The van der Waals surface area contributed by atoms with Gasteiger partial charge in [0, 0.05) is 13.2 Å². The van der Waals surface area contributed by atoms with Crippen LogP contribution in [0.2, 0.25) is 0 Å². The number of para-hydroxylation sites is 3. The predicted molar refractivity (Wildman–Crippen MR) is 123 cm³/mol. The zero-order valence-electron chi connectivity index (χ0n) is 17.6. The van der Waals surface area contributed by atoms with Crippen LogP contribution in [-0.2, 0) is 14.8 Å². The van der Waals surface area contributed by atoms with Crippen LogP contribution >= 0.6 is 0 Å². The Kier molecular flexibility index (Phi) is 8.24. The minimum atomic E-state index is -4.05. The topological polar surface area (TPSA) is 95.9 Å². The fourth-order valence-corrected chi connectivity index (χ4v) is 4.49. The summed E-state index contributed by atoms with van der Waals surface area (Å²) in [7, 11) is -4.05. The van der Waals surface area contributed by atoms with E-state index in [0.29, 0.717) is 30.9 Å². The van der Waals surface area contributed by atoms with E-state index < -0.39 is 22.5 Å². The molecule has 0 aliphatic heterocycles. The van der Waals surface area contributed by atoms with Gasteiger partial charge in [-0.3, -0.25) is 9.10 Å². The van der Waals surface area contributed by atoms with Crippen LogP contribution in [0.25, 0.3) is 0 Å². The fourth-order valence-electron chi connectivity index (χ4n) is 3.04. The van der Waals surface area contributed by atoms with Gasteiger partial charge >= 0.3 is 0 Å². The average molecular weight is 455 g/mol. The fraction of sp³-hybridized carbons (Fsp3) is 0.208. The lowest BCUT2D eigenvalue weighted by molar-refractivity contribution is -0.119. The molecule has 0 radical (unpaired) electrons. The minimum Gasteiger partial charge on any atom is -0.455 e. The van der Waals surface area contributed by atoms with E-state index in [2.05, 4.69) is 5.32 Å². The van der Waals surface area contributed by atoms with Gasteiger partial charge in [0.25, 0.3) is 10.0 Å². The molecule has 0 atom stereocenters. The number of benzene rings is 3. The number of ether oxygens (including phenoxy) is 1. The molecule has 0 heterocycles. The third-order valence-electron chi connectivity index (χ3n) is 4.63. The number of sulfonamides is 1. The summed E-state index contributed by atoms with van der Waals surface area (Å²) in [6.07, 6.45) is 1.15. The lowest BCUT2D eigenvalue weighted by atomic mass is 10.2. The third kappa shape index (κ3) is 6.09. The van der Waals surface area contributed by atoms with Crippen molar-refractivity contribution >= 4 is 21.6 Å². The maximum Gasteiger partial charge on any atom is 0.264 e. The summed E-state index contributed by atoms with van der Waals surface area (Å²) in [5.74, 6) is 0.411. The molecule has 2 N–H and O–H groups in total. The number of aliphatic hydroxyl groups is 1. The zero-order chi connectivity index (χ0) is 22.8. The number of amides is 1. The lowest BCUT2D eigenvalue weighted by Gasteiger charge is -2.26. The first-order valence-corrected chi connectivity index (χ1v) is 11.7. The Morgan fingerprint density at radius 1 is 0.875 bits per heavy atom. The quantitative estimate of drug-likeness (QED) is 0.432. The van der Waals surface area contributed by atoms with E-state index in [4.69, 9.17) is 9.84 Å². The van der Waals surface area contributed by atoms with Gasteiger partial charge < -0.3 is 15.2 Å². The van der Waals surface area contributed by atoms with E-state index in [1.807, 2.05) is 18.2 Å². The first kappa shape index (κ1) is 23.3. The Balaban J connectivity index is 1.95. The van der Waals surface area contributed by atoms with Gasteiger partial charge in [-0.1, -0.05) is 48.5 Å². The molecule has 168 valence electrons. The molecule has 3 aromatic rings. The van der Waals surface area contributed by atoms with Crippen LogP contribution in [0.5, 0.6) is 11.5 Å². The molecule has 0 aromatic heterocycles. The van der Waals surface area contributed by atoms with E-state index in [1.165, 1.54) is 12.1 Å². The van der Waals surface area contributed by atoms with E-state index in [-0.39, 0.29) is 17.2 Å². The van der Waals surface area contributed by atoms with E-state index in [1.54, 1.807) is 54.6 Å². The number of hydrogen-bond acceptors (Lipinski definition) is 5. The molecule has 3 rings (SSSR count). The first-order chi connectivity index (χ1) is 15.5. The predicted octanol–water partition coefficient (Wildman–Crippen LogP) is 3.56. The van der Waals surface area contributed by atoms with E-state index >= 15 is 0 Å². The third-order valence-corrected chi connectivity index (χ3v) is 6.40. The highest BCUT2D eigenvalue weighted by atomic mass is 32.2. The molecular weight excluding hydrogens is 428 g/mol. The summed E-state index contributed by atoms with van der Waals surface area (Å²) < 4.78 is 34.0. The SMILES string of the molecule is O=C(CN(c1ccccc1Oc1ccccc1)S(=O)(=O)c1ccccc1)NCCCCO. The number of anilines is 1. The van der Waals surface area contributed by atoms with Crippen LogP contribution in [-0.4, -0.2) is 39.1 Å². The molecule has 3 aromatic carbocycles. The van der Waals surface area contributed by atoms with Gasteiger partial charge in [0.2, 0.25) is 5.91 Å². The second-order valence-electron chi connectivity index (χ2n) is 6.99. The second kappa shape index (κ2) is 11.3. The van der Waals surface area contributed by atoms with Crippen molar-refractivity contribution in [2.75, 3.05) is 24.0 Å². The summed E-state index contributed by atoms with van der Waals surface area (Å²) in [5.41, 5.74) is 0.255. The zero-order valence-corrected chi connectivity index (χ0v) is 18.4. The average Bonchev–Trinajstić information content (AvgIpc) is 2.82. The summed E-state index contributed by atoms with van der Waals surface area (Å²) in [5, 5.41) is 11.6. The number of carbonyl (C=O) groups is 1. The summed E-state index contributed by atoms with van der Waals surface area (Å²) in [6, 6.07) is 23.7. The molecule has 0 aliphatic carbocycles. The monoisotopic (exact) mass is 454 g/mol. The number of rotatable bonds is 11. The Hall–Kier alpha value is -3.36. The Labute approximate surface area is 188 Å². The van der Waals surface area contributed by atoms with E-state index in [0.717, 1.165) is 4.31 Å². The number of nitrogens with one attached hydrogen (secondary N) is 1. The number of hydrogen-bond donors (Lipinski definition) is 2. The van der Waals surface area contributed by atoms with Crippen LogP contribution in [0.4, 0.5) is 5.69 Å². The Morgan fingerprint density at radius 3 is 2.19 bits per heavy atom. The second-order valence-corrected chi connectivity index (χ2v) is 8.85. The van der Waals surface area contributed by atoms with Crippen LogP contribution in [0, 0.1) is 0 Å². The molecule has 0 spiro atoms. The maximum absolute atomic E-state index is 13.5. The lowest BCUT2D eigenvalue weighted by Crippen LogP contribution is -2.41. The van der Waals surface area contributed by atoms with Gasteiger partial charge in [-0.05, 0) is 49.2 Å². The van der Waals surface area contributed by atoms with Crippen LogP contribution < -0.4 is 14.4 Å². The molecule has 0 aliphatic rings. The van der Waals surface area contributed by atoms with Crippen molar-refractivity contribution in [3.05, 3.63) is 84.9 Å². The van der Waals surface area contributed by atoms with Crippen LogP contribution in [0.15, 0.2) is 89.8 Å². The highest BCUT2D eigenvalue weighted by Gasteiger charge is 2.29. The Bertz CT molecular complexity index is 1110. The standard InChI is InChI=1S/C24H26N2O5S/c27-18-10-9-17-25-24(28)19-26(32(29,30)21-13-5-2-6-14-21)22-15-7-8-16-23(22)31-20-11-3-1-4-12-20/h1-8,11-16,27H,9-10,17-19H2,(H,25,28). The molecule has 1 amide bonds. The van der Waals surface area contributed by atoms with Gasteiger partial charge in [-0.25, -0.2) is 8.42 Å². The molecule has 0 saturated carbocycles. The summed E-state index contributed by atoms with van der Waals surface area (Å²) >= 11 is 0. The van der Waals surface area contributed by atoms with Crippen molar-refractivity contribution in [1.82, 2.24) is 5.32 Å². The molecule has 0 fully saturated rings. The maximum atomic E-state index is 13.5. The van der Waals surface area contributed by atoms with Crippen molar-refractivity contribution in [2.24, 2.45) is 0 Å². The summed E-state index contributed by atoms with van der Waals surface area (Å²) in [4.78, 5) is 12.7. The van der Waals surface area contributed by atoms with Gasteiger partial charge in [0.05, 0.1) is 10.6 Å².